The van der Waals surface area contributed by atoms with E-state index in [4.69, 9.17) is 0 Å². The summed E-state index contributed by atoms with van der Waals surface area (Å²) in [5.74, 6) is 0.444. The maximum atomic E-state index is 4.34. The van der Waals surface area contributed by atoms with Crippen LogP contribution in [-0.4, -0.2) is 20.7 Å². The minimum absolute atomic E-state index is 0.444. The van der Waals surface area contributed by atoms with Crippen molar-refractivity contribution in [1.82, 2.24) is 15.2 Å². The highest BCUT2D eigenvalue weighted by Crippen LogP contribution is 1.86. The van der Waals surface area contributed by atoms with E-state index < -0.39 is 0 Å². The molecule has 1 heterocycles. The van der Waals surface area contributed by atoms with Crippen molar-refractivity contribution in [3.8, 4) is 0 Å². The monoisotopic (exact) mass is 127 g/mol. The molecule has 41 valence electrons. The fourth-order valence-electron chi connectivity index (χ4n) is 0.315. The predicted octanol–water partition coefficient (Wildman–Crippen LogP) is 0.0508. The lowest BCUT2D eigenvalue weighted by Crippen LogP contribution is -1.92. The topological polar surface area (TPSA) is 53.6 Å². The SMILES string of the molecule is S=[C]Nc1nc[nH]n1. The van der Waals surface area contributed by atoms with E-state index in [1.165, 1.54) is 6.33 Å². The molecule has 1 rings (SSSR count). The van der Waals surface area contributed by atoms with Crippen LogP contribution < -0.4 is 5.32 Å². The van der Waals surface area contributed by atoms with E-state index in [1.807, 2.05) is 0 Å². The van der Waals surface area contributed by atoms with Crippen molar-refractivity contribution in [3.63, 3.8) is 0 Å². The second-order valence-electron chi connectivity index (χ2n) is 1.05. The number of thiocarbonyl (C=S) groups is 1. The number of H-pyrrole nitrogens is 1. The van der Waals surface area contributed by atoms with Gasteiger partial charge < -0.3 is 5.32 Å². The fourth-order valence-corrected chi connectivity index (χ4v) is 0.406. The van der Waals surface area contributed by atoms with Crippen LogP contribution in [0.15, 0.2) is 6.33 Å². The summed E-state index contributed by atoms with van der Waals surface area (Å²) >= 11 is 4.34. The number of hydrogen-bond acceptors (Lipinski definition) is 3. The highest BCUT2D eigenvalue weighted by atomic mass is 32.1. The lowest BCUT2D eigenvalue weighted by Gasteiger charge is -1.82. The van der Waals surface area contributed by atoms with E-state index >= 15 is 0 Å². The molecular weight excluding hydrogens is 124 g/mol. The summed E-state index contributed by atoms with van der Waals surface area (Å²) in [6.07, 6.45) is 1.45. The molecule has 0 spiro atoms. The highest BCUT2D eigenvalue weighted by Gasteiger charge is 1.86. The van der Waals surface area contributed by atoms with Crippen LogP contribution in [0.25, 0.3) is 0 Å². The smallest absolute Gasteiger partial charge is 0.246 e. The summed E-state index contributed by atoms with van der Waals surface area (Å²) < 4.78 is 0. The first-order chi connectivity index (χ1) is 3.93. The molecule has 2 N–H and O–H groups in total. The number of rotatable bonds is 2. The Morgan fingerprint density at radius 3 is 3.25 bits per heavy atom. The van der Waals surface area contributed by atoms with E-state index in [-0.39, 0.29) is 0 Å². The van der Waals surface area contributed by atoms with E-state index in [2.05, 4.69) is 38.2 Å². The zero-order valence-electron chi connectivity index (χ0n) is 3.88. The van der Waals surface area contributed by atoms with Crippen LogP contribution in [0.1, 0.15) is 0 Å². The number of anilines is 1. The van der Waals surface area contributed by atoms with Crippen LogP contribution >= 0.6 is 12.2 Å². The first kappa shape index (κ1) is 5.17. The summed E-state index contributed by atoms with van der Waals surface area (Å²) in [5, 5.41) is 8.63. The van der Waals surface area contributed by atoms with E-state index in [1.54, 1.807) is 0 Å². The molecule has 0 aliphatic heterocycles. The predicted molar refractivity (Wildman–Crippen MR) is 32.6 cm³/mol. The van der Waals surface area contributed by atoms with Gasteiger partial charge >= 0.3 is 0 Å². The van der Waals surface area contributed by atoms with Crippen molar-refractivity contribution in [3.05, 3.63) is 6.33 Å². The molecule has 0 aliphatic rings. The number of nitrogens with one attached hydrogen (secondary N) is 2. The van der Waals surface area contributed by atoms with Crippen molar-refractivity contribution >= 4 is 23.7 Å². The highest BCUT2D eigenvalue weighted by molar-refractivity contribution is 7.79. The van der Waals surface area contributed by atoms with Crippen molar-refractivity contribution in [1.29, 1.82) is 0 Å². The second-order valence-corrected chi connectivity index (χ2v) is 1.25. The first-order valence-corrected chi connectivity index (χ1v) is 2.33. The molecule has 0 unspecified atom stereocenters. The molecule has 0 amide bonds. The van der Waals surface area contributed by atoms with Crippen molar-refractivity contribution in [2.45, 2.75) is 0 Å². The summed E-state index contributed by atoms with van der Waals surface area (Å²) in [7, 11) is 0. The van der Waals surface area contributed by atoms with Crippen LogP contribution in [0.4, 0.5) is 5.95 Å². The lowest BCUT2D eigenvalue weighted by atomic mass is 11.0. The third kappa shape index (κ3) is 1.00. The Morgan fingerprint density at radius 1 is 1.88 bits per heavy atom. The van der Waals surface area contributed by atoms with Crippen LogP contribution in [-0.2, 0) is 0 Å². The van der Waals surface area contributed by atoms with Crippen LogP contribution in [0, 0.1) is 0 Å². The van der Waals surface area contributed by atoms with E-state index in [9.17, 15) is 0 Å². The van der Waals surface area contributed by atoms with E-state index in [0.717, 1.165) is 0 Å². The minimum atomic E-state index is 0.444. The van der Waals surface area contributed by atoms with Crippen LogP contribution in [0.2, 0.25) is 0 Å². The van der Waals surface area contributed by atoms with Gasteiger partial charge in [-0.25, -0.2) is 4.98 Å². The quantitative estimate of drug-likeness (QED) is 0.435. The first-order valence-electron chi connectivity index (χ1n) is 1.92. The fraction of sp³-hybridized carbons (Fsp3) is 0. The molecule has 4 nitrogen and oxygen atoms in total. The molecule has 0 atom stereocenters. The van der Waals surface area contributed by atoms with Gasteiger partial charge in [-0.2, -0.15) is 0 Å². The van der Waals surface area contributed by atoms with Crippen LogP contribution in [0.5, 0.6) is 0 Å². The summed E-state index contributed by atoms with van der Waals surface area (Å²) in [6.45, 7) is 0. The Hall–Kier alpha value is -0.970. The van der Waals surface area contributed by atoms with Gasteiger partial charge in [0.25, 0.3) is 0 Å². The van der Waals surface area contributed by atoms with Gasteiger partial charge in [-0.05, 0) is 0 Å². The van der Waals surface area contributed by atoms with Crippen molar-refractivity contribution in [2.24, 2.45) is 0 Å². The number of nitrogens with zero attached hydrogens (tertiary/aromatic N) is 2. The third-order valence-electron chi connectivity index (χ3n) is 0.578. The molecule has 0 fully saturated rings. The Balaban J connectivity index is 2.62. The summed E-state index contributed by atoms with van der Waals surface area (Å²) in [4.78, 5) is 3.70. The molecule has 5 heteroatoms. The summed E-state index contributed by atoms with van der Waals surface area (Å²) in [6, 6.07) is 0. The lowest BCUT2D eigenvalue weighted by molar-refractivity contribution is 1.10. The normalized spacial score (nSPS) is 8.50. The number of aromatic nitrogens is 3. The molecule has 1 aromatic rings. The minimum Gasteiger partial charge on any atom is -0.311 e. The van der Waals surface area contributed by atoms with Gasteiger partial charge in [0, 0.05) is 0 Å². The van der Waals surface area contributed by atoms with Crippen LogP contribution in [0.3, 0.4) is 0 Å². The Kier molecular flexibility index (Phi) is 1.53. The largest absolute Gasteiger partial charge is 0.311 e. The summed E-state index contributed by atoms with van der Waals surface area (Å²) in [5.41, 5.74) is 2.26. The van der Waals surface area contributed by atoms with Gasteiger partial charge in [-0.1, -0.05) is 12.2 Å². The second kappa shape index (κ2) is 2.37. The van der Waals surface area contributed by atoms with Gasteiger partial charge in [0.2, 0.25) is 5.95 Å². The third-order valence-corrected chi connectivity index (χ3v) is 0.680. The molecule has 1 radical (unpaired) electrons. The molecule has 0 aromatic carbocycles. The molecule has 8 heavy (non-hydrogen) atoms. The zero-order valence-corrected chi connectivity index (χ0v) is 4.70. The van der Waals surface area contributed by atoms with E-state index in [0.29, 0.717) is 5.95 Å². The van der Waals surface area contributed by atoms with Gasteiger partial charge in [0.15, 0.2) is 0 Å². The Labute approximate surface area is 51.3 Å². The Morgan fingerprint density at radius 2 is 2.75 bits per heavy atom. The average Bonchev–Trinajstić information content (AvgIpc) is 2.19. The molecule has 0 saturated heterocycles. The molecule has 1 aromatic heterocycles. The van der Waals surface area contributed by atoms with Crippen molar-refractivity contribution < 1.29 is 0 Å². The van der Waals surface area contributed by atoms with Crippen molar-refractivity contribution in [2.75, 3.05) is 5.32 Å². The standard InChI is InChI=1S/C3H3N4S/c8-2-5-3-4-1-6-7-3/h1H,(H2,4,5,6,7,8). The van der Waals surface area contributed by atoms with Gasteiger partial charge in [-0.15, -0.1) is 5.10 Å². The average molecular weight is 127 g/mol. The molecular formula is C3H3N4S. The number of hydrogen-bond donors (Lipinski definition) is 2. The molecule has 0 aliphatic carbocycles. The van der Waals surface area contributed by atoms with Gasteiger partial charge in [-0.3, -0.25) is 5.10 Å². The maximum Gasteiger partial charge on any atom is 0.246 e. The molecule has 0 bridgehead atoms. The zero-order chi connectivity index (χ0) is 5.82. The molecule has 0 saturated carbocycles. The van der Waals surface area contributed by atoms with Gasteiger partial charge in [0.05, 0.1) is 0 Å². The Bertz CT molecular complexity index is 158. The number of aromatic amines is 1. The maximum absolute atomic E-state index is 4.34. The van der Waals surface area contributed by atoms with Gasteiger partial charge in [0.1, 0.15) is 11.8 Å².